The number of hydrogen-bond acceptors (Lipinski definition) is 3. The highest BCUT2D eigenvalue weighted by atomic mass is 79.9. The van der Waals surface area contributed by atoms with Gasteiger partial charge in [0.1, 0.15) is 11.8 Å². The summed E-state index contributed by atoms with van der Waals surface area (Å²) in [6.45, 7) is 0. The van der Waals surface area contributed by atoms with Crippen LogP contribution in [0.4, 0.5) is 0 Å². The van der Waals surface area contributed by atoms with Gasteiger partial charge < -0.3 is 0 Å². The fourth-order valence-corrected chi connectivity index (χ4v) is 2.45. The van der Waals surface area contributed by atoms with E-state index in [-0.39, 0.29) is 0 Å². The van der Waals surface area contributed by atoms with E-state index >= 15 is 0 Å². The zero-order valence-corrected chi connectivity index (χ0v) is 11.3. The minimum atomic E-state index is 0.464. The van der Waals surface area contributed by atoms with Gasteiger partial charge in [-0.1, -0.05) is 28.1 Å². The Kier molecular flexibility index (Phi) is 4.18. The lowest BCUT2D eigenvalue weighted by molar-refractivity contribution is 1.21. The van der Waals surface area contributed by atoms with Crippen molar-refractivity contribution in [3.63, 3.8) is 0 Å². The van der Waals surface area contributed by atoms with Gasteiger partial charge in [-0.15, -0.1) is 11.8 Å². The third kappa shape index (κ3) is 3.58. The van der Waals surface area contributed by atoms with E-state index in [1.165, 1.54) is 5.56 Å². The van der Waals surface area contributed by atoms with E-state index in [0.717, 1.165) is 15.1 Å². The molecule has 84 valence electrons. The first-order chi connectivity index (χ1) is 8.28. The first-order valence-corrected chi connectivity index (χ1v) is 6.79. The van der Waals surface area contributed by atoms with Crippen LogP contribution in [0.15, 0.2) is 52.0 Å². The van der Waals surface area contributed by atoms with Gasteiger partial charge in [-0.3, -0.25) is 0 Å². The van der Waals surface area contributed by atoms with Crippen LogP contribution in [-0.2, 0) is 5.75 Å². The molecule has 2 rings (SSSR count). The maximum atomic E-state index is 8.75. The molecule has 0 saturated heterocycles. The van der Waals surface area contributed by atoms with Crippen LogP contribution in [0, 0.1) is 11.3 Å². The second kappa shape index (κ2) is 5.85. The largest absolute Gasteiger partial charge is 0.245 e. The van der Waals surface area contributed by atoms with Gasteiger partial charge in [0.05, 0.1) is 0 Å². The number of hydrogen-bond donors (Lipinski definition) is 0. The predicted molar refractivity (Wildman–Crippen MR) is 72.7 cm³/mol. The van der Waals surface area contributed by atoms with E-state index < -0.39 is 0 Å². The van der Waals surface area contributed by atoms with Crippen molar-refractivity contribution in [2.75, 3.05) is 0 Å². The van der Waals surface area contributed by atoms with Gasteiger partial charge in [-0.2, -0.15) is 5.26 Å². The van der Waals surface area contributed by atoms with Crippen LogP contribution >= 0.6 is 27.7 Å². The van der Waals surface area contributed by atoms with Crippen LogP contribution in [0.5, 0.6) is 0 Å². The average Bonchev–Trinajstić information content (AvgIpc) is 2.38. The Labute approximate surface area is 113 Å². The second-order valence-corrected chi connectivity index (χ2v) is 5.37. The minimum Gasteiger partial charge on any atom is -0.245 e. The Morgan fingerprint density at radius 3 is 2.71 bits per heavy atom. The van der Waals surface area contributed by atoms with E-state index in [9.17, 15) is 0 Å². The van der Waals surface area contributed by atoms with E-state index in [0.29, 0.717) is 5.69 Å². The highest BCUT2D eigenvalue weighted by Crippen LogP contribution is 2.23. The van der Waals surface area contributed by atoms with Crippen molar-refractivity contribution in [3.8, 4) is 6.07 Å². The molecular weight excluding hydrogens is 296 g/mol. The zero-order chi connectivity index (χ0) is 12.1. The predicted octanol–water partition coefficient (Wildman–Crippen LogP) is 4.01. The number of pyridine rings is 1. The van der Waals surface area contributed by atoms with Gasteiger partial charge in [0.2, 0.25) is 0 Å². The van der Waals surface area contributed by atoms with Crippen LogP contribution < -0.4 is 0 Å². The third-order valence-corrected chi connectivity index (χ3v) is 3.76. The minimum absolute atomic E-state index is 0.464. The van der Waals surface area contributed by atoms with Crippen molar-refractivity contribution in [2.24, 2.45) is 0 Å². The molecule has 0 aliphatic carbocycles. The molecule has 0 spiro atoms. The summed E-state index contributed by atoms with van der Waals surface area (Å²) < 4.78 is 1.09. The van der Waals surface area contributed by atoms with Gasteiger partial charge >= 0.3 is 0 Å². The summed E-state index contributed by atoms with van der Waals surface area (Å²) in [7, 11) is 0. The van der Waals surface area contributed by atoms with Crippen molar-refractivity contribution in [1.82, 2.24) is 4.98 Å². The van der Waals surface area contributed by atoms with Crippen molar-refractivity contribution in [3.05, 3.63) is 58.3 Å². The lowest BCUT2D eigenvalue weighted by Gasteiger charge is -2.02. The highest BCUT2D eigenvalue weighted by Gasteiger charge is 1.98. The number of halogens is 1. The lowest BCUT2D eigenvalue weighted by Crippen LogP contribution is -1.83. The molecule has 0 saturated carbocycles. The topological polar surface area (TPSA) is 36.7 Å². The van der Waals surface area contributed by atoms with Crippen LogP contribution in [-0.4, -0.2) is 4.98 Å². The number of rotatable bonds is 3. The summed E-state index contributed by atoms with van der Waals surface area (Å²) in [5.41, 5.74) is 1.72. The molecule has 0 bridgehead atoms. The van der Waals surface area contributed by atoms with Crippen LogP contribution in [0.3, 0.4) is 0 Å². The molecule has 0 amide bonds. The summed E-state index contributed by atoms with van der Waals surface area (Å²) in [5.74, 6) is 0.891. The molecule has 0 unspecified atom stereocenters. The number of nitrogens with zero attached hydrogens (tertiary/aromatic N) is 2. The molecule has 4 heteroatoms. The summed E-state index contributed by atoms with van der Waals surface area (Å²) in [6, 6.07) is 14.0. The van der Waals surface area contributed by atoms with E-state index in [1.54, 1.807) is 18.0 Å². The molecule has 0 atom stereocenters. The van der Waals surface area contributed by atoms with Gasteiger partial charge in [0, 0.05) is 21.3 Å². The third-order valence-electron chi connectivity index (χ3n) is 2.16. The van der Waals surface area contributed by atoms with Crippen LogP contribution in [0.1, 0.15) is 11.3 Å². The normalized spacial score (nSPS) is 9.88. The standard InChI is InChI=1S/C13H9BrN2S/c14-11-3-1-10(2-4-11)9-17-13-5-6-16-12(7-13)8-15/h1-7H,9H2. The number of thioether (sulfide) groups is 1. The van der Waals surface area contributed by atoms with Crippen molar-refractivity contribution >= 4 is 27.7 Å². The number of benzene rings is 1. The highest BCUT2D eigenvalue weighted by molar-refractivity contribution is 9.10. The van der Waals surface area contributed by atoms with Crippen LogP contribution in [0.25, 0.3) is 0 Å². The maximum absolute atomic E-state index is 8.75. The summed E-state index contributed by atoms with van der Waals surface area (Å²) in [5, 5.41) is 8.75. The summed E-state index contributed by atoms with van der Waals surface area (Å²) in [4.78, 5) is 5.01. The first kappa shape index (κ1) is 12.2. The van der Waals surface area contributed by atoms with Crippen LogP contribution in [0.2, 0.25) is 0 Å². The molecule has 1 heterocycles. The number of aromatic nitrogens is 1. The molecule has 0 radical (unpaired) electrons. The molecule has 17 heavy (non-hydrogen) atoms. The molecule has 1 aromatic heterocycles. The fraction of sp³-hybridized carbons (Fsp3) is 0.0769. The smallest absolute Gasteiger partial charge is 0.141 e. The van der Waals surface area contributed by atoms with Gasteiger partial charge in [-0.25, -0.2) is 4.98 Å². The molecule has 0 fully saturated rings. The second-order valence-electron chi connectivity index (χ2n) is 3.40. The van der Waals surface area contributed by atoms with Crippen molar-refractivity contribution in [1.29, 1.82) is 5.26 Å². The Hall–Kier alpha value is -1.31. The summed E-state index contributed by atoms with van der Waals surface area (Å²) in [6.07, 6.45) is 1.67. The Morgan fingerprint density at radius 2 is 2.00 bits per heavy atom. The average molecular weight is 305 g/mol. The molecule has 2 nitrogen and oxygen atoms in total. The van der Waals surface area contributed by atoms with E-state index in [4.69, 9.17) is 5.26 Å². The van der Waals surface area contributed by atoms with E-state index in [2.05, 4.69) is 33.0 Å². The molecule has 0 aliphatic heterocycles. The molecular formula is C13H9BrN2S. The molecule has 0 aliphatic rings. The zero-order valence-electron chi connectivity index (χ0n) is 8.93. The Balaban J connectivity index is 2.02. The SMILES string of the molecule is N#Cc1cc(SCc2ccc(Br)cc2)ccn1. The molecule has 1 aromatic carbocycles. The van der Waals surface area contributed by atoms with Gasteiger partial charge in [0.25, 0.3) is 0 Å². The Morgan fingerprint density at radius 1 is 1.24 bits per heavy atom. The maximum Gasteiger partial charge on any atom is 0.141 e. The fourth-order valence-electron chi connectivity index (χ4n) is 1.31. The van der Waals surface area contributed by atoms with Crippen molar-refractivity contribution in [2.45, 2.75) is 10.6 Å². The quantitative estimate of drug-likeness (QED) is 0.804. The number of nitriles is 1. The Bertz CT molecular complexity index is 546. The summed E-state index contributed by atoms with van der Waals surface area (Å²) >= 11 is 5.11. The monoisotopic (exact) mass is 304 g/mol. The lowest BCUT2D eigenvalue weighted by atomic mass is 10.2. The first-order valence-electron chi connectivity index (χ1n) is 5.01. The van der Waals surface area contributed by atoms with E-state index in [1.807, 2.05) is 30.3 Å². The van der Waals surface area contributed by atoms with Gasteiger partial charge in [-0.05, 0) is 29.8 Å². The van der Waals surface area contributed by atoms with Crippen molar-refractivity contribution < 1.29 is 0 Å². The van der Waals surface area contributed by atoms with Gasteiger partial charge in [0.15, 0.2) is 0 Å². The molecule has 2 aromatic rings. The molecule has 0 N–H and O–H groups in total.